The van der Waals surface area contributed by atoms with E-state index in [2.05, 4.69) is 19.2 Å². The summed E-state index contributed by atoms with van der Waals surface area (Å²) in [6.07, 6.45) is 5.31. The van der Waals surface area contributed by atoms with Gasteiger partial charge in [0.1, 0.15) is 0 Å². The minimum Gasteiger partial charge on any atom is -0.381 e. The molecule has 1 aliphatic rings. The van der Waals surface area contributed by atoms with Gasteiger partial charge in [0.05, 0.1) is 6.61 Å². The van der Waals surface area contributed by atoms with Gasteiger partial charge in [0.15, 0.2) is 0 Å². The molecule has 0 aromatic carbocycles. The third-order valence-corrected chi connectivity index (χ3v) is 2.84. The van der Waals surface area contributed by atoms with Crippen molar-refractivity contribution in [2.45, 2.75) is 39.5 Å². The van der Waals surface area contributed by atoms with Gasteiger partial charge in [-0.2, -0.15) is 0 Å². The molecule has 2 nitrogen and oxygen atoms in total. The topological polar surface area (TPSA) is 21.3 Å². The van der Waals surface area contributed by atoms with Crippen LogP contribution >= 0.6 is 0 Å². The van der Waals surface area contributed by atoms with E-state index in [1.165, 1.54) is 32.2 Å². The highest BCUT2D eigenvalue weighted by Gasteiger charge is 2.14. The van der Waals surface area contributed by atoms with E-state index >= 15 is 0 Å². The van der Waals surface area contributed by atoms with Gasteiger partial charge in [0.2, 0.25) is 0 Å². The second-order valence-corrected chi connectivity index (χ2v) is 4.82. The molecule has 1 fully saturated rings. The largest absolute Gasteiger partial charge is 0.381 e. The second kappa shape index (κ2) is 7.24. The maximum absolute atomic E-state index is 5.33. The first kappa shape index (κ1) is 12.0. The van der Waals surface area contributed by atoms with Crippen molar-refractivity contribution in [3.05, 3.63) is 0 Å². The van der Waals surface area contributed by atoms with Crippen molar-refractivity contribution < 1.29 is 4.74 Å². The zero-order chi connectivity index (χ0) is 10.2. The van der Waals surface area contributed by atoms with Crippen molar-refractivity contribution in [1.29, 1.82) is 0 Å². The van der Waals surface area contributed by atoms with E-state index in [4.69, 9.17) is 4.74 Å². The van der Waals surface area contributed by atoms with Crippen LogP contribution in [0.3, 0.4) is 0 Å². The quantitative estimate of drug-likeness (QED) is 0.636. The van der Waals surface area contributed by atoms with Gasteiger partial charge >= 0.3 is 0 Å². The van der Waals surface area contributed by atoms with Crippen molar-refractivity contribution in [1.82, 2.24) is 5.32 Å². The molecule has 0 aromatic heterocycles. The molecule has 0 aliphatic carbocycles. The van der Waals surface area contributed by atoms with Gasteiger partial charge in [-0.1, -0.05) is 26.7 Å². The minimum atomic E-state index is 0.778. The maximum Gasteiger partial charge on any atom is 0.0507 e. The summed E-state index contributed by atoms with van der Waals surface area (Å²) in [6, 6.07) is 0. The Morgan fingerprint density at radius 3 is 2.86 bits per heavy atom. The van der Waals surface area contributed by atoms with E-state index < -0.39 is 0 Å². The Hall–Kier alpha value is -0.0800. The van der Waals surface area contributed by atoms with Crippen LogP contribution in [0.5, 0.6) is 0 Å². The third kappa shape index (κ3) is 5.61. The number of unbranched alkanes of at least 4 members (excludes halogenated alkanes) is 1. The predicted octanol–water partition coefficient (Wildman–Crippen LogP) is 2.44. The average molecular weight is 199 g/mol. The summed E-state index contributed by atoms with van der Waals surface area (Å²) in [4.78, 5) is 0. The molecule has 1 N–H and O–H groups in total. The average Bonchev–Trinajstić information content (AvgIpc) is 2.63. The van der Waals surface area contributed by atoms with Crippen molar-refractivity contribution in [2.75, 3.05) is 26.3 Å². The highest BCUT2D eigenvalue weighted by molar-refractivity contribution is 4.66. The van der Waals surface area contributed by atoms with Gasteiger partial charge < -0.3 is 10.1 Å². The zero-order valence-corrected chi connectivity index (χ0v) is 9.72. The third-order valence-electron chi connectivity index (χ3n) is 2.84. The highest BCUT2D eigenvalue weighted by Crippen LogP contribution is 2.10. The Morgan fingerprint density at radius 1 is 1.36 bits per heavy atom. The van der Waals surface area contributed by atoms with E-state index in [0.717, 1.165) is 31.6 Å². The van der Waals surface area contributed by atoms with Crippen LogP contribution in [0.2, 0.25) is 0 Å². The standard InChI is InChI=1S/C12H25NO/c1-11(2)5-3-4-7-13-9-12-6-8-14-10-12/h11-13H,3-10H2,1-2H3. The van der Waals surface area contributed by atoms with Crippen molar-refractivity contribution in [3.8, 4) is 0 Å². The lowest BCUT2D eigenvalue weighted by Crippen LogP contribution is -2.24. The summed E-state index contributed by atoms with van der Waals surface area (Å²) in [6.45, 7) is 8.87. The van der Waals surface area contributed by atoms with Gasteiger partial charge in [-0.15, -0.1) is 0 Å². The summed E-state index contributed by atoms with van der Waals surface area (Å²) >= 11 is 0. The number of hydrogen-bond acceptors (Lipinski definition) is 2. The molecule has 0 aromatic rings. The summed E-state index contributed by atoms with van der Waals surface area (Å²) < 4.78 is 5.33. The molecule has 2 heteroatoms. The van der Waals surface area contributed by atoms with Gasteiger partial charge in [-0.25, -0.2) is 0 Å². The molecule has 1 rings (SSSR count). The van der Waals surface area contributed by atoms with Crippen LogP contribution in [-0.4, -0.2) is 26.3 Å². The Labute approximate surface area is 88.4 Å². The normalized spacial score (nSPS) is 22.1. The zero-order valence-electron chi connectivity index (χ0n) is 9.72. The SMILES string of the molecule is CC(C)CCCCNCC1CCOC1. The molecule has 0 saturated carbocycles. The number of nitrogens with one attached hydrogen (secondary N) is 1. The molecule has 0 spiro atoms. The lowest BCUT2D eigenvalue weighted by molar-refractivity contribution is 0.185. The first-order chi connectivity index (χ1) is 6.79. The van der Waals surface area contributed by atoms with Crippen molar-refractivity contribution in [2.24, 2.45) is 11.8 Å². The lowest BCUT2D eigenvalue weighted by Gasteiger charge is -2.09. The summed E-state index contributed by atoms with van der Waals surface area (Å²) in [5, 5.41) is 3.52. The van der Waals surface area contributed by atoms with Crippen LogP contribution in [0, 0.1) is 11.8 Å². The molecule has 0 amide bonds. The van der Waals surface area contributed by atoms with E-state index in [9.17, 15) is 0 Å². The number of hydrogen-bond donors (Lipinski definition) is 1. The molecule has 1 unspecified atom stereocenters. The molecular formula is C12H25NO. The Bertz CT molecular complexity index is 130. The molecule has 0 bridgehead atoms. The molecule has 1 aliphatic heterocycles. The summed E-state index contributed by atoms with van der Waals surface area (Å²) in [5.41, 5.74) is 0. The fraction of sp³-hybridized carbons (Fsp3) is 1.00. The van der Waals surface area contributed by atoms with Gasteiger partial charge in [-0.05, 0) is 31.2 Å². The molecule has 14 heavy (non-hydrogen) atoms. The fourth-order valence-corrected chi connectivity index (χ4v) is 1.85. The molecule has 1 saturated heterocycles. The van der Waals surface area contributed by atoms with Crippen LogP contribution in [0.1, 0.15) is 39.5 Å². The molecule has 1 atom stereocenters. The fourth-order valence-electron chi connectivity index (χ4n) is 1.85. The predicted molar refractivity (Wildman–Crippen MR) is 60.5 cm³/mol. The van der Waals surface area contributed by atoms with Gasteiger partial charge in [0.25, 0.3) is 0 Å². The maximum atomic E-state index is 5.33. The summed E-state index contributed by atoms with van der Waals surface area (Å²) in [5.74, 6) is 1.64. The van der Waals surface area contributed by atoms with Crippen molar-refractivity contribution in [3.63, 3.8) is 0 Å². The van der Waals surface area contributed by atoms with Crippen molar-refractivity contribution >= 4 is 0 Å². The van der Waals surface area contributed by atoms with E-state index in [1.807, 2.05) is 0 Å². The Balaban J connectivity index is 1.79. The molecule has 84 valence electrons. The van der Waals surface area contributed by atoms with Crippen LogP contribution in [0.15, 0.2) is 0 Å². The number of ether oxygens (including phenoxy) is 1. The highest BCUT2D eigenvalue weighted by atomic mass is 16.5. The molecule has 1 heterocycles. The number of rotatable bonds is 7. The van der Waals surface area contributed by atoms with Gasteiger partial charge in [0, 0.05) is 13.2 Å². The van der Waals surface area contributed by atoms with Crippen LogP contribution in [-0.2, 0) is 4.74 Å². The monoisotopic (exact) mass is 199 g/mol. The minimum absolute atomic E-state index is 0.778. The second-order valence-electron chi connectivity index (χ2n) is 4.82. The van der Waals surface area contributed by atoms with Gasteiger partial charge in [-0.3, -0.25) is 0 Å². The van der Waals surface area contributed by atoms with E-state index in [1.54, 1.807) is 0 Å². The first-order valence-electron chi connectivity index (χ1n) is 6.07. The Morgan fingerprint density at radius 2 is 2.21 bits per heavy atom. The first-order valence-corrected chi connectivity index (χ1v) is 6.07. The smallest absolute Gasteiger partial charge is 0.0507 e. The molecule has 0 radical (unpaired) electrons. The van der Waals surface area contributed by atoms with E-state index in [-0.39, 0.29) is 0 Å². The lowest BCUT2D eigenvalue weighted by atomic mass is 10.1. The van der Waals surface area contributed by atoms with E-state index in [0.29, 0.717) is 0 Å². The van der Waals surface area contributed by atoms with Crippen LogP contribution in [0.25, 0.3) is 0 Å². The summed E-state index contributed by atoms with van der Waals surface area (Å²) in [7, 11) is 0. The van der Waals surface area contributed by atoms with Crippen LogP contribution in [0.4, 0.5) is 0 Å². The molecular weight excluding hydrogens is 174 g/mol. The Kier molecular flexibility index (Phi) is 6.20. The van der Waals surface area contributed by atoms with Crippen LogP contribution < -0.4 is 5.32 Å².